The molecule has 2 unspecified atom stereocenters. The van der Waals surface area contributed by atoms with Crippen molar-refractivity contribution in [2.24, 2.45) is 0 Å². The van der Waals surface area contributed by atoms with Gasteiger partial charge in [0.2, 0.25) is 5.91 Å². The summed E-state index contributed by atoms with van der Waals surface area (Å²) < 4.78 is 4.99. The number of nitrogens with zero attached hydrogens (tertiary/aromatic N) is 2. The predicted molar refractivity (Wildman–Crippen MR) is 106 cm³/mol. The molecule has 3 rings (SSSR count). The quantitative estimate of drug-likeness (QED) is 0.693. The van der Waals surface area contributed by atoms with Crippen LogP contribution in [-0.4, -0.2) is 60.5 Å². The highest BCUT2D eigenvalue weighted by molar-refractivity contribution is 6.42. The Bertz CT molecular complexity index is 692. The van der Waals surface area contributed by atoms with Gasteiger partial charge in [-0.1, -0.05) is 29.3 Å². The third kappa shape index (κ3) is 4.95. The van der Waals surface area contributed by atoms with E-state index in [0.29, 0.717) is 16.5 Å². The average Bonchev–Trinajstić information content (AvgIpc) is 3.17. The standard InChI is InChI=1S/C20H26Cl2N2O3/c1-27-20(26)18-6-4-5-15(13-23-9-2-3-10-23)24(18)19(25)12-14-7-8-16(21)17(22)11-14/h7-8,11,15,18H,2-6,9-10,12-13H2,1H3. The Morgan fingerprint density at radius 3 is 2.52 bits per heavy atom. The van der Waals surface area contributed by atoms with Gasteiger partial charge in [-0.15, -0.1) is 0 Å². The highest BCUT2D eigenvalue weighted by atomic mass is 35.5. The summed E-state index contributed by atoms with van der Waals surface area (Å²) in [4.78, 5) is 29.7. The van der Waals surface area contributed by atoms with E-state index in [4.69, 9.17) is 27.9 Å². The summed E-state index contributed by atoms with van der Waals surface area (Å²) >= 11 is 12.1. The highest BCUT2D eigenvalue weighted by Crippen LogP contribution is 2.28. The molecule has 0 aliphatic carbocycles. The van der Waals surface area contributed by atoms with Gasteiger partial charge >= 0.3 is 5.97 Å². The topological polar surface area (TPSA) is 49.9 Å². The molecule has 2 aliphatic heterocycles. The maximum Gasteiger partial charge on any atom is 0.328 e. The second-order valence-electron chi connectivity index (χ2n) is 7.36. The zero-order valence-corrected chi connectivity index (χ0v) is 17.1. The average molecular weight is 413 g/mol. The number of hydrogen-bond acceptors (Lipinski definition) is 4. The summed E-state index contributed by atoms with van der Waals surface area (Å²) in [5.74, 6) is -0.392. The van der Waals surface area contributed by atoms with Crippen molar-refractivity contribution in [2.75, 3.05) is 26.7 Å². The van der Waals surface area contributed by atoms with E-state index in [0.717, 1.165) is 38.0 Å². The summed E-state index contributed by atoms with van der Waals surface area (Å²) in [6.45, 7) is 2.95. The monoisotopic (exact) mass is 412 g/mol. The lowest BCUT2D eigenvalue weighted by Crippen LogP contribution is -2.57. The second kappa shape index (κ2) is 9.26. The minimum atomic E-state index is -0.508. The lowest BCUT2D eigenvalue weighted by Gasteiger charge is -2.42. The first kappa shape index (κ1) is 20.4. The molecule has 1 amide bonds. The Labute approximate surface area is 170 Å². The number of ether oxygens (including phenoxy) is 1. The molecular formula is C20H26Cl2N2O3. The molecular weight excluding hydrogens is 387 g/mol. The van der Waals surface area contributed by atoms with Crippen molar-refractivity contribution in [3.63, 3.8) is 0 Å². The summed E-state index contributed by atoms with van der Waals surface area (Å²) in [6, 6.07) is 4.75. The molecule has 1 aromatic rings. The fraction of sp³-hybridized carbons (Fsp3) is 0.600. The van der Waals surface area contributed by atoms with Crippen LogP contribution in [0, 0.1) is 0 Å². The van der Waals surface area contributed by atoms with Gasteiger partial charge in [0.25, 0.3) is 0 Å². The zero-order chi connectivity index (χ0) is 19.4. The van der Waals surface area contributed by atoms with Crippen LogP contribution in [0.2, 0.25) is 10.0 Å². The van der Waals surface area contributed by atoms with Crippen LogP contribution in [0.1, 0.15) is 37.7 Å². The SMILES string of the molecule is COC(=O)C1CCCC(CN2CCCC2)N1C(=O)Cc1ccc(Cl)c(Cl)c1. The Morgan fingerprint density at radius 2 is 1.85 bits per heavy atom. The first-order chi connectivity index (χ1) is 13.0. The molecule has 1 aromatic carbocycles. The van der Waals surface area contributed by atoms with E-state index in [1.807, 2.05) is 0 Å². The van der Waals surface area contributed by atoms with Crippen molar-refractivity contribution in [1.82, 2.24) is 9.80 Å². The molecule has 5 nitrogen and oxygen atoms in total. The Balaban J connectivity index is 1.79. The molecule has 0 saturated carbocycles. The first-order valence-electron chi connectivity index (χ1n) is 9.55. The van der Waals surface area contributed by atoms with E-state index in [9.17, 15) is 9.59 Å². The number of carbonyl (C=O) groups excluding carboxylic acids is 2. The molecule has 2 aliphatic rings. The van der Waals surface area contributed by atoms with E-state index in [2.05, 4.69) is 4.90 Å². The third-order valence-corrected chi connectivity index (χ3v) is 6.25. The van der Waals surface area contributed by atoms with Crippen LogP contribution in [0.4, 0.5) is 0 Å². The summed E-state index contributed by atoms with van der Waals surface area (Å²) in [5, 5.41) is 0.893. The Hall–Kier alpha value is -1.30. The van der Waals surface area contributed by atoms with E-state index < -0.39 is 6.04 Å². The number of amides is 1. The molecule has 0 spiro atoms. The van der Waals surface area contributed by atoms with Crippen LogP contribution in [0.25, 0.3) is 0 Å². The maximum absolute atomic E-state index is 13.2. The highest BCUT2D eigenvalue weighted by Gasteiger charge is 2.39. The van der Waals surface area contributed by atoms with Crippen molar-refractivity contribution in [3.05, 3.63) is 33.8 Å². The summed E-state index contributed by atoms with van der Waals surface area (Å²) in [5.41, 5.74) is 0.795. The van der Waals surface area contributed by atoms with Crippen LogP contribution in [-0.2, 0) is 20.7 Å². The largest absolute Gasteiger partial charge is 0.467 e. The number of rotatable bonds is 5. The summed E-state index contributed by atoms with van der Waals surface area (Å²) in [6.07, 6.45) is 5.08. The molecule has 27 heavy (non-hydrogen) atoms. The number of piperidine rings is 1. The van der Waals surface area contributed by atoms with Gasteiger partial charge in [-0.05, 0) is 62.9 Å². The molecule has 148 valence electrons. The van der Waals surface area contributed by atoms with Crippen LogP contribution >= 0.6 is 23.2 Å². The number of esters is 1. The number of likely N-dealkylation sites (tertiary alicyclic amines) is 2. The van der Waals surface area contributed by atoms with Gasteiger partial charge in [-0.2, -0.15) is 0 Å². The minimum absolute atomic E-state index is 0.0382. The van der Waals surface area contributed by atoms with Gasteiger partial charge in [-0.25, -0.2) is 4.79 Å². The fourth-order valence-corrected chi connectivity index (χ4v) is 4.50. The number of methoxy groups -OCH3 is 1. The van der Waals surface area contributed by atoms with Crippen molar-refractivity contribution in [3.8, 4) is 0 Å². The summed E-state index contributed by atoms with van der Waals surface area (Å²) in [7, 11) is 1.38. The Morgan fingerprint density at radius 1 is 1.11 bits per heavy atom. The number of halogens is 2. The van der Waals surface area contributed by atoms with Crippen molar-refractivity contribution < 1.29 is 14.3 Å². The van der Waals surface area contributed by atoms with Gasteiger partial charge in [-0.3, -0.25) is 4.79 Å². The molecule has 0 N–H and O–H groups in total. The van der Waals surface area contributed by atoms with Gasteiger partial charge in [0.05, 0.1) is 23.6 Å². The minimum Gasteiger partial charge on any atom is -0.467 e. The number of hydrogen-bond donors (Lipinski definition) is 0. The van der Waals surface area contributed by atoms with Gasteiger partial charge < -0.3 is 14.5 Å². The normalized spacial score (nSPS) is 23.4. The van der Waals surface area contributed by atoms with E-state index in [-0.39, 0.29) is 24.3 Å². The molecule has 0 radical (unpaired) electrons. The first-order valence-corrected chi connectivity index (χ1v) is 10.3. The van der Waals surface area contributed by atoms with Gasteiger partial charge in [0.1, 0.15) is 6.04 Å². The molecule has 2 fully saturated rings. The lowest BCUT2D eigenvalue weighted by atomic mass is 9.94. The van der Waals surface area contributed by atoms with Crippen molar-refractivity contribution in [2.45, 2.75) is 50.6 Å². The van der Waals surface area contributed by atoms with Gasteiger partial charge in [0, 0.05) is 12.6 Å². The van der Waals surface area contributed by atoms with Crippen LogP contribution in [0.15, 0.2) is 18.2 Å². The smallest absolute Gasteiger partial charge is 0.328 e. The maximum atomic E-state index is 13.2. The van der Waals surface area contributed by atoms with Crippen LogP contribution in [0.3, 0.4) is 0 Å². The van der Waals surface area contributed by atoms with Gasteiger partial charge in [0.15, 0.2) is 0 Å². The molecule has 7 heteroatoms. The lowest BCUT2D eigenvalue weighted by molar-refractivity contribution is -0.157. The van der Waals surface area contributed by atoms with Crippen LogP contribution in [0.5, 0.6) is 0 Å². The van der Waals surface area contributed by atoms with E-state index in [1.165, 1.54) is 20.0 Å². The molecule has 2 atom stereocenters. The predicted octanol–water partition coefficient (Wildman–Crippen LogP) is 3.55. The molecule has 2 saturated heterocycles. The van der Waals surface area contributed by atoms with E-state index in [1.54, 1.807) is 23.1 Å². The second-order valence-corrected chi connectivity index (χ2v) is 8.17. The molecule has 0 bridgehead atoms. The molecule has 0 aromatic heterocycles. The number of benzene rings is 1. The third-order valence-electron chi connectivity index (χ3n) is 5.51. The fourth-order valence-electron chi connectivity index (χ4n) is 4.18. The zero-order valence-electron chi connectivity index (χ0n) is 15.6. The van der Waals surface area contributed by atoms with Crippen molar-refractivity contribution in [1.29, 1.82) is 0 Å². The molecule has 2 heterocycles. The van der Waals surface area contributed by atoms with Crippen molar-refractivity contribution >= 4 is 35.1 Å². The van der Waals surface area contributed by atoms with Crippen LogP contribution < -0.4 is 0 Å². The number of carbonyl (C=O) groups is 2. The Kier molecular flexibility index (Phi) is 7.01. The van der Waals surface area contributed by atoms with E-state index >= 15 is 0 Å².